The maximum Gasteiger partial charge on any atom is 0.0105 e. The van der Waals surface area contributed by atoms with Crippen LogP contribution in [0.2, 0.25) is 0 Å². The van der Waals surface area contributed by atoms with E-state index in [1.165, 1.54) is 28.2 Å². The molecule has 0 aliphatic carbocycles. The van der Waals surface area contributed by atoms with Crippen LogP contribution in [0.25, 0.3) is 0 Å². The van der Waals surface area contributed by atoms with Crippen LogP contribution in [0.3, 0.4) is 0 Å². The molecule has 84 valence electrons. The van der Waals surface area contributed by atoms with E-state index in [4.69, 9.17) is 0 Å². The Kier molecular flexibility index (Phi) is 5.81. The summed E-state index contributed by atoms with van der Waals surface area (Å²) < 4.78 is 0. The zero-order valence-corrected chi connectivity index (χ0v) is 10.8. The molecule has 0 saturated heterocycles. The quantitative estimate of drug-likeness (QED) is 0.743. The third-order valence-electron chi connectivity index (χ3n) is 2.32. The third kappa shape index (κ3) is 4.27. The van der Waals surface area contributed by atoms with E-state index in [9.17, 15) is 0 Å². The highest BCUT2D eigenvalue weighted by Gasteiger charge is 2.02. The average molecular weight is 223 g/mol. The zero-order chi connectivity index (χ0) is 11.1. The van der Waals surface area contributed by atoms with Gasteiger partial charge in [-0.2, -0.15) is 0 Å². The topological polar surface area (TPSA) is 12.0 Å². The SMILES string of the molecule is CCCSc1ccc(C)cc1CCNC. The van der Waals surface area contributed by atoms with Crippen LogP contribution >= 0.6 is 11.8 Å². The monoisotopic (exact) mass is 223 g/mol. The van der Waals surface area contributed by atoms with Crippen molar-refractivity contribution >= 4 is 11.8 Å². The van der Waals surface area contributed by atoms with Gasteiger partial charge in [0.25, 0.3) is 0 Å². The highest BCUT2D eigenvalue weighted by molar-refractivity contribution is 7.99. The molecule has 1 nitrogen and oxygen atoms in total. The maximum atomic E-state index is 3.21. The summed E-state index contributed by atoms with van der Waals surface area (Å²) in [5.41, 5.74) is 2.85. The predicted octanol–water partition coefficient (Wildman–Crippen LogP) is 3.26. The van der Waals surface area contributed by atoms with Crippen LogP contribution < -0.4 is 5.32 Å². The first kappa shape index (κ1) is 12.6. The van der Waals surface area contributed by atoms with Gasteiger partial charge in [0.1, 0.15) is 0 Å². The van der Waals surface area contributed by atoms with E-state index < -0.39 is 0 Å². The van der Waals surface area contributed by atoms with Gasteiger partial charge in [-0.25, -0.2) is 0 Å². The largest absolute Gasteiger partial charge is 0.319 e. The Morgan fingerprint density at radius 1 is 1.33 bits per heavy atom. The zero-order valence-electron chi connectivity index (χ0n) is 9.97. The molecule has 0 radical (unpaired) electrons. The third-order valence-corrected chi connectivity index (χ3v) is 3.64. The van der Waals surface area contributed by atoms with E-state index in [2.05, 4.69) is 37.4 Å². The summed E-state index contributed by atoms with van der Waals surface area (Å²) in [6.07, 6.45) is 2.37. The molecule has 1 N–H and O–H groups in total. The number of nitrogens with one attached hydrogen (secondary N) is 1. The van der Waals surface area contributed by atoms with E-state index in [1.54, 1.807) is 0 Å². The molecule has 1 aromatic rings. The van der Waals surface area contributed by atoms with Gasteiger partial charge >= 0.3 is 0 Å². The summed E-state index contributed by atoms with van der Waals surface area (Å²) in [6.45, 7) is 5.45. The van der Waals surface area contributed by atoms with Gasteiger partial charge in [-0.1, -0.05) is 24.6 Å². The van der Waals surface area contributed by atoms with Crippen LogP contribution in [0, 0.1) is 6.92 Å². The molecular weight excluding hydrogens is 202 g/mol. The number of hydrogen-bond acceptors (Lipinski definition) is 2. The highest BCUT2D eigenvalue weighted by Crippen LogP contribution is 2.24. The van der Waals surface area contributed by atoms with Crippen LogP contribution in [-0.4, -0.2) is 19.3 Å². The molecule has 2 heteroatoms. The van der Waals surface area contributed by atoms with E-state index in [0.29, 0.717) is 0 Å². The molecule has 0 aromatic heterocycles. The number of thioether (sulfide) groups is 1. The van der Waals surface area contributed by atoms with Crippen molar-refractivity contribution in [2.45, 2.75) is 31.6 Å². The van der Waals surface area contributed by atoms with Gasteiger partial charge in [0.15, 0.2) is 0 Å². The Morgan fingerprint density at radius 2 is 2.13 bits per heavy atom. The molecule has 15 heavy (non-hydrogen) atoms. The maximum absolute atomic E-state index is 3.21. The smallest absolute Gasteiger partial charge is 0.0105 e. The van der Waals surface area contributed by atoms with Crippen LogP contribution in [0.1, 0.15) is 24.5 Å². The molecule has 0 aliphatic rings. The Labute approximate surface area is 97.7 Å². The Morgan fingerprint density at radius 3 is 2.80 bits per heavy atom. The number of likely N-dealkylation sites (N-methyl/N-ethyl adjacent to an activating group) is 1. The minimum Gasteiger partial charge on any atom is -0.319 e. The van der Waals surface area contributed by atoms with Crippen LogP contribution in [0.5, 0.6) is 0 Å². The van der Waals surface area contributed by atoms with Crippen LogP contribution in [0.15, 0.2) is 23.1 Å². The first-order valence-electron chi connectivity index (χ1n) is 5.65. The summed E-state index contributed by atoms with van der Waals surface area (Å²) in [5, 5.41) is 3.21. The average Bonchev–Trinajstić information content (AvgIpc) is 2.25. The molecule has 1 rings (SSSR count). The lowest BCUT2D eigenvalue weighted by Crippen LogP contribution is -2.10. The molecule has 0 heterocycles. The summed E-state index contributed by atoms with van der Waals surface area (Å²) in [6, 6.07) is 6.79. The van der Waals surface area contributed by atoms with Crippen molar-refractivity contribution in [3.8, 4) is 0 Å². The van der Waals surface area contributed by atoms with E-state index >= 15 is 0 Å². The Balaban J connectivity index is 2.73. The molecule has 0 saturated carbocycles. The molecule has 0 bridgehead atoms. The van der Waals surface area contributed by atoms with Crippen molar-refractivity contribution < 1.29 is 0 Å². The second kappa shape index (κ2) is 6.91. The summed E-state index contributed by atoms with van der Waals surface area (Å²) >= 11 is 1.98. The fraction of sp³-hybridized carbons (Fsp3) is 0.538. The molecule has 0 aliphatic heterocycles. The fourth-order valence-electron chi connectivity index (χ4n) is 1.52. The number of hydrogen-bond donors (Lipinski definition) is 1. The Bertz CT molecular complexity index is 297. The summed E-state index contributed by atoms with van der Waals surface area (Å²) in [7, 11) is 2.01. The lowest BCUT2D eigenvalue weighted by Gasteiger charge is -2.09. The lowest BCUT2D eigenvalue weighted by molar-refractivity contribution is 0.783. The second-order valence-corrected chi connectivity index (χ2v) is 4.95. The van der Waals surface area contributed by atoms with Gasteiger partial charge < -0.3 is 5.32 Å². The minimum atomic E-state index is 1.06. The van der Waals surface area contributed by atoms with Gasteiger partial charge in [-0.15, -0.1) is 11.8 Å². The van der Waals surface area contributed by atoms with Crippen molar-refractivity contribution in [1.82, 2.24) is 5.32 Å². The fourth-order valence-corrected chi connectivity index (χ4v) is 2.45. The predicted molar refractivity (Wildman–Crippen MR) is 69.8 cm³/mol. The van der Waals surface area contributed by atoms with Gasteiger partial charge in [0.2, 0.25) is 0 Å². The molecule has 0 atom stereocenters. The van der Waals surface area contributed by atoms with Gasteiger partial charge in [0.05, 0.1) is 0 Å². The van der Waals surface area contributed by atoms with Crippen molar-refractivity contribution in [3.63, 3.8) is 0 Å². The Hall–Kier alpha value is -0.470. The molecule has 0 spiro atoms. The second-order valence-electron chi connectivity index (χ2n) is 3.81. The van der Waals surface area contributed by atoms with E-state index in [1.807, 2.05) is 18.8 Å². The number of aryl methyl sites for hydroxylation is 1. The molecular formula is C13H21NS. The van der Waals surface area contributed by atoms with Gasteiger partial charge in [0, 0.05) is 4.90 Å². The summed E-state index contributed by atoms with van der Waals surface area (Å²) in [5.74, 6) is 1.22. The van der Waals surface area contributed by atoms with Crippen molar-refractivity contribution in [2.24, 2.45) is 0 Å². The van der Waals surface area contributed by atoms with Gasteiger partial charge in [-0.05, 0) is 50.7 Å². The van der Waals surface area contributed by atoms with Crippen molar-refractivity contribution in [1.29, 1.82) is 0 Å². The van der Waals surface area contributed by atoms with E-state index in [0.717, 1.165) is 13.0 Å². The van der Waals surface area contributed by atoms with Crippen molar-refractivity contribution in [2.75, 3.05) is 19.3 Å². The minimum absolute atomic E-state index is 1.06. The highest BCUT2D eigenvalue weighted by atomic mass is 32.2. The van der Waals surface area contributed by atoms with Gasteiger partial charge in [-0.3, -0.25) is 0 Å². The first-order chi connectivity index (χ1) is 7.27. The normalized spacial score (nSPS) is 10.6. The molecule has 0 amide bonds. The van der Waals surface area contributed by atoms with Crippen LogP contribution in [-0.2, 0) is 6.42 Å². The molecule has 0 unspecified atom stereocenters. The number of benzene rings is 1. The first-order valence-corrected chi connectivity index (χ1v) is 6.63. The standard InChI is InChI=1S/C13H21NS/c1-4-9-15-13-6-5-11(2)10-12(13)7-8-14-3/h5-6,10,14H,4,7-9H2,1-3H3. The summed E-state index contributed by atoms with van der Waals surface area (Å²) in [4.78, 5) is 1.46. The lowest BCUT2D eigenvalue weighted by atomic mass is 10.1. The molecule has 1 aromatic carbocycles. The number of rotatable bonds is 6. The van der Waals surface area contributed by atoms with Crippen LogP contribution in [0.4, 0.5) is 0 Å². The molecule has 0 fully saturated rings. The van der Waals surface area contributed by atoms with Crippen molar-refractivity contribution in [3.05, 3.63) is 29.3 Å². The van der Waals surface area contributed by atoms with E-state index in [-0.39, 0.29) is 0 Å².